The highest BCUT2D eigenvalue weighted by Crippen LogP contribution is 2.68. The third-order valence-corrected chi connectivity index (χ3v) is 10.3. The second kappa shape index (κ2) is 9.67. The lowest BCUT2D eigenvalue weighted by Crippen LogP contribution is -2.39. The second-order valence-electron chi connectivity index (χ2n) is 6.78. The summed E-state index contributed by atoms with van der Waals surface area (Å²) in [5.74, 6) is 0.197. The molecule has 0 bridgehead atoms. The molecule has 1 aliphatic rings. The third kappa shape index (κ3) is 6.13. The fourth-order valence-corrected chi connectivity index (χ4v) is 7.05. The van der Waals surface area contributed by atoms with Crippen molar-refractivity contribution in [2.24, 2.45) is 0 Å². The van der Waals surface area contributed by atoms with Crippen molar-refractivity contribution in [2.75, 3.05) is 12.3 Å². The van der Waals surface area contributed by atoms with Crippen LogP contribution in [0.25, 0.3) is 11.0 Å². The SMILES string of the molecule is C[C@@]1(Cl)[C@H](O)[C@@H](COP(=O)(O)OP(=O)(O)OP(=O)(O)OI)O[C@H]1n1ccc2c(N)ncnc21. The Morgan fingerprint density at radius 2 is 1.88 bits per heavy atom. The van der Waals surface area contributed by atoms with Gasteiger partial charge in [-0.2, -0.15) is 8.62 Å². The summed E-state index contributed by atoms with van der Waals surface area (Å²) in [7, 11) is -16.0. The fourth-order valence-electron chi connectivity index (χ4n) is 3.01. The number of nitrogens with zero attached hydrogens (tertiary/aromatic N) is 3. The average Bonchev–Trinajstić information content (AvgIpc) is 3.19. The number of aliphatic hydroxyl groups is 1. The zero-order valence-corrected chi connectivity index (χ0v) is 21.8. The van der Waals surface area contributed by atoms with Crippen LogP contribution in [0.1, 0.15) is 13.2 Å². The number of ether oxygens (including phenoxy) is 1. The molecule has 186 valence electrons. The topological polar surface area (TPSA) is 235 Å². The number of fused-ring (bicyclic) bond motifs is 1. The molecule has 0 saturated carbocycles. The first kappa shape index (κ1) is 27.4. The zero-order chi connectivity index (χ0) is 24.8. The van der Waals surface area contributed by atoms with Gasteiger partial charge in [0, 0.05) is 6.20 Å². The molecule has 1 fully saturated rings. The van der Waals surface area contributed by atoms with E-state index in [4.69, 9.17) is 27.0 Å². The summed E-state index contributed by atoms with van der Waals surface area (Å²) in [6, 6.07) is 1.60. The van der Waals surface area contributed by atoms with Crippen LogP contribution >= 0.6 is 58.1 Å². The lowest BCUT2D eigenvalue weighted by Gasteiger charge is -2.26. The van der Waals surface area contributed by atoms with Crippen molar-refractivity contribution < 1.29 is 54.2 Å². The number of nitrogen functional groups attached to an aromatic ring is 1. The van der Waals surface area contributed by atoms with Crippen LogP contribution < -0.4 is 5.73 Å². The first-order valence-electron chi connectivity index (χ1n) is 8.54. The molecule has 2 aromatic heterocycles. The summed E-state index contributed by atoms with van der Waals surface area (Å²) in [5.41, 5.74) is 6.15. The van der Waals surface area contributed by atoms with Gasteiger partial charge in [0.25, 0.3) is 0 Å². The molecular formula is C12H17ClIN4O12P3. The molecule has 21 heteroatoms. The van der Waals surface area contributed by atoms with Crippen LogP contribution in [0, 0.1) is 0 Å². The van der Waals surface area contributed by atoms with Crippen molar-refractivity contribution in [1.29, 1.82) is 0 Å². The molecule has 0 amide bonds. The predicted molar refractivity (Wildman–Crippen MR) is 119 cm³/mol. The Labute approximate surface area is 204 Å². The molecule has 3 heterocycles. The summed E-state index contributed by atoms with van der Waals surface area (Å²) in [6.45, 7) is 0.595. The lowest BCUT2D eigenvalue weighted by atomic mass is 10.0. The standard InChI is InChI=1S/C12H17ClIN4O12P3/c1-12(13)8(19)7(4-26-31(20,21)29-33(24,25)30-32(22,23)28-14)27-11(12)18-3-2-6-9(15)16-5-17-10(6)18/h2-3,5,7-8,11,19H,4H2,1H3,(H,20,21)(H,22,23)(H,24,25)(H2,15,16,17)/t7-,8-,11-,12-/m1/s1. The molecule has 33 heavy (non-hydrogen) atoms. The Hall–Kier alpha value is -0.230. The van der Waals surface area contributed by atoms with Crippen LogP contribution in [0.5, 0.6) is 0 Å². The van der Waals surface area contributed by atoms with Crippen LogP contribution in [0.3, 0.4) is 0 Å². The van der Waals surface area contributed by atoms with E-state index in [1.807, 2.05) is 0 Å². The molecule has 16 nitrogen and oxygen atoms in total. The van der Waals surface area contributed by atoms with Gasteiger partial charge in [-0.3, -0.25) is 4.52 Å². The monoisotopic (exact) mass is 664 g/mol. The van der Waals surface area contributed by atoms with Gasteiger partial charge < -0.3 is 34.8 Å². The number of aromatic nitrogens is 3. The van der Waals surface area contributed by atoms with Crippen molar-refractivity contribution in [3.63, 3.8) is 0 Å². The zero-order valence-electron chi connectivity index (χ0n) is 16.2. The lowest BCUT2D eigenvalue weighted by molar-refractivity contribution is -0.0430. The molecular weight excluding hydrogens is 647 g/mol. The third-order valence-electron chi connectivity index (χ3n) is 4.41. The van der Waals surface area contributed by atoms with Crippen molar-refractivity contribution in [3.05, 3.63) is 18.6 Å². The summed E-state index contributed by atoms with van der Waals surface area (Å²) in [4.78, 5) is 34.6. The van der Waals surface area contributed by atoms with Crippen LogP contribution in [0.4, 0.5) is 5.82 Å². The minimum Gasteiger partial charge on any atom is -0.388 e. The number of halogens is 2. The van der Waals surface area contributed by atoms with Gasteiger partial charge in [-0.25, -0.2) is 26.5 Å². The molecule has 7 atom stereocenters. The second-order valence-corrected chi connectivity index (χ2v) is 13.3. The molecule has 6 N–H and O–H groups in total. The normalized spacial score (nSPS) is 31.2. The molecule has 0 spiro atoms. The van der Waals surface area contributed by atoms with Crippen LogP contribution in [0.2, 0.25) is 0 Å². The van der Waals surface area contributed by atoms with Gasteiger partial charge in [-0.05, 0) is 13.0 Å². The number of hydrogen-bond acceptors (Lipinski definition) is 12. The Balaban J connectivity index is 1.73. The number of phosphoric acid groups is 3. The van der Waals surface area contributed by atoms with Gasteiger partial charge in [-0.15, -0.1) is 11.6 Å². The minimum atomic E-state index is -5.58. The van der Waals surface area contributed by atoms with Crippen LogP contribution in [0.15, 0.2) is 18.6 Å². The van der Waals surface area contributed by atoms with E-state index in [-0.39, 0.29) is 5.82 Å². The number of hydrogen-bond donors (Lipinski definition) is 5. The number of anilines is 1. The molecule has 1 aliphatic heterocycles. The first-order chi connectivity index (χ1) is 15.1. The van der Waals surface area contributed by atoms with Gasteiger partial charge in [0.15, 0.2) is 6.23 Å². The highest BCUT2D eigenvalue weighted by Gasteiger charge is 2.54. The number of rotatable bonds is 9. The first-order valence-corrected chi connectivity index (χ1v) is 14.3. The van der Waals surface area contributed by atoms with E-state index >= 15 is 0 Å². The van der Waals surface area contributed by atoms with Crippen molar-refractivity contribution >= 4 is 74.9 Å². The van der Waals surface area contributed by atoms with Gasteiger partial charge in [0.05, 0.1) is 12.0 Å². The van der Waals surface area contributed by atoms with E-state index < -0.39 is 53.4 Å². The highest BCUT2D eigenvalue weighted by molar-refractivity contribution is 14.1. The molecule has 3 rings (SSSR count). The quantitative estimate of drug-likeness (QED) is 0.146. The number of phosphoric ester groups is 1. The van der Waals surface area contributed by atoms with Gasteiger partial charge >= 0.3 is 23.5 Å². The van der Waals surface area contributed by atoms with Crippen molar-refractivity contribution in [2.45, 2.75) is 30.2 Å². The summed E-state index contributed by atoms with van der Waals surface area (Å²) in [5, 5.41) is 11.1. The van der Waals surface area contributed by atoms with E-state index in [1.54, 1.807) is 12.3 Å². The summed E-state index contributed by atoms with van der Waals surface area (Å²) in [6.07, 6.45) is -1.09. The molecule has 0 radical (unpaired) electrons. The maximum absolute atomic E-state index is 12.0. The van der Waals surface area contributed by atoms with E-state index in [0.717, 1.165) is 23.0 Å². The number of aliphatic hydroxyl groups excluding tert-OH is 1. The fraction of sp³-hybridized carbons (Fsp3) is 0.500. The minimum absolute atomic E-state index is 0.197. The highest BCUT2D eigenvalue weighted by atomic mass is 127. The molecule has 3 unspecified atom stereocenters. The van der Waals surface area contributed by atoms with Crippen LogP contribution in [-0.2, 0) is 34.4 Å². The van der Waals surface area contributed by atoms with E-state index in [2.05, 4.69) is 26.0 Å². The van der Waals surface area contributed by atoms with Gasteiger partial charge in [0.1, 0.15) is 57.9 Å². The Kier molecular flexibility index (Phi) is 8.02. The number of nitrogens with two attached hydrogens (primary N) is 1. The predicted octanol–water partition coefficient (Wildman–Crippen LogP) is 1.99. The largest absolute Gasteiger partial charge is 0.490 e. The molecule has 2 aromatic rings. The van der Waals surface area contributed by atoms with Gasteiger partial charge in [-0.1, -0.05) is 0 Å². The van der Waals surface area contributed by atoms with Crippen molar-refractivity contribution in [3.8, 4) is 0 Å². The number of alkyl halides is 1. The van der Waals surface area contributed by atoms with Gasteiger partial charge in [0.2, 0.25) is 0 Å². The average molecular weight is 665 g/mol. The van der Waals surface area contributed by atoms with E-state index in [9.17, 15) is 28.6 Å². The Morgan fingerprint density at radius 1 is 1.24 bits per heavy atom. The Bertz CT molecular complexity index is 1180. The maximum atomic E-state index is 12.0. The van der Waals surface area contributed by atoms with Crippen molar-refractivity contribution in [1.82, 2.24) is 14.5 Å². The summed E-state index contributed by atoms with van der Waals surface area (Å²) < 4.78 is 58.3. The molecule has 0 aromatic carbocycles. The Morgan fingerprint density at radius 3 is 2.52 bits per heavy atom. The van der Waals surface area contributed by atoms with E-state index in [0.29, 0.717) is 11.0 Å². The summed E-state index contributed by atoms with van der Waals surface area (Å²) >= 11 is 7.39. The van der Waals surface area contributed by atoms with Crippen LogP contribution in [-0.4, -0.2) is 58.0 Å². The maximum Gasteiger partial charge on any atom is 0.490 e. The molecule has 1 saturated heterocycles. The smallest absolute Gasteiger partial charge is 0.388 e. The molecule has 0 aliphatic carbocycles. The van der Waals surface area contributed by atoms with E-state index in [1.165, 1.54) is 17.8 Å².